The first-order valence-corrected chi connectivity index (χ1v) is 34.1. The van der Waals surface area contributed by atoms with Gasteiger partial charge in [0.25, 0.3) is 0 Å². The van der Waals surface area contributed by atoms with E-state index in [1.54, 1.807) is 62.3 Å². The zero-order chi connectivity index (χ0) is 82.2. The van der Waals surface area contributed by atoms with Crippen LogP contribution >= 0.6 is 0 Å². The SMILES string of the molecule is C#CC.C#CC.C#CC.C#CC.C#CC.C#CC.C#CC.C#CC.C#CC.CC#Cc1ccccc1.CC#Cc1ccccc1.Cc1ccc(Oc2ccccc2)cc1.Cc1ccc(Oc2ccccc2)cc1.Cc1ccc(Oc2ccccc2)cc1.Cc1ccccc1.Cc1ccccc1.Cc1ccccc1. The fraction of sp³-hybridized carbons (Fsp3) is 0.162. The molecule has 0 heterocycles. The molecule has 11 aromatic carbocycles. The highest BCUT2D eigenvalue weighted by Gasteiger charge is 1.97. The molecule has 0 aromatic heterocycles. The van der Waals surface area contributed by atoms with Gasteiger partial charge in [-0.1, -0.05) is 264 Å². The van der Waals surface area contributed by atoms with E-state index in [1.165, 1.54) is 33.4 Å². The van der Waals surface area contributed by atoms with E-state index in [1.807, 2.05) is 293 Å². The Morgan fingerprint density at radius 3 is 0.417 bits per heavy atom. The first-order valence-electron chi connectivity index (χ1n) is 34.1. The second-order valence-corrected chi connectivity index (χ2v) is 20.7. The van der Waals surface area contributed by atoms with Crippen LogP contribution in [0.2, 0.25) is 0 Å². The normalized spacial score (nSPS) is 7.44. The molecule has 0 amide bonds. The van der Waals surface area contributed by atoms with Crippen molar-refractivity contribution in [3.63, 3.8) is 0 Å². The van der Waals surface area contributed by atoms with Gasteiger partial charge in [-0.05, 0) is 215 Å². The molecule has 0 aliphatic rings. The molecule has 3 heteroatoms. The Labute approximate surface area is 657 Å². The second-order valence-electron chi connectivity index (χ2n) is 20.7. The van der Waals surface area contributed by atoms with E-state index in [0.717, 1.165) is 45.6 Å². The van der Waals surface area contributed by atoms with Crippen LogP contribution in [0.25, 0.3) is 0 Å². The van der Waals surface area contributed by atoms with Gasteiger partial charge in [-0.15, -0.1) is 123 Å². The lowest BCUT2D eigenvalue weighted by Crippen LogP contribution is -1.82. The maximum Gasteiger partial charge on any atom is 0.127 e. The van der Waals surface area contributed by atoms with Crippen molar-refractivity contribution in [2.75, 3.05) is 0 Å². The molecule has 550 valence electrons. The van der Waals surface area contributed by atoms with Gasteiger partial charge in [-0.3, -0.25) is 0 Å². The monoisotopic (exact) mass is 1420 g/mol. The van der Waals surface area contributed by atoms with Crippen LogP contribution in [0.1, 0.15) is 121 Å². The Morgan fingerprint density at radius 1 is 0.167 bits per heavy atom. The van der Waals surface area contributed by atoms with Crippen molar-refractivity contribution in [1.29, 1.82) is 0 Å². The van der Waals surface area contributed by atoms with Gasteiger partial charge in [0.2, 0.25) is 0 Å². The van der Waals surface area contributed by atoms with Crippen molar-refractivity contribution >= 4 is 0 Å². The van der Waals surface area contributed by atoms with Crippen molar-refractivity contribution in [3.8, 4) is 169 Å². The van der Waals surface area contributed by atoms with Gasteiger partial charge in [-0.2, -0.15) is 0 Å². The smallest absolute Gasteiger partial charge is 0.127 e. The van der Waals surface area contributed by atoms with Gasteiger partial charge in [0.1, 0.15) is 34.5 Å². The average Bonchev–Trinajstić information content (AvgIpc) is 0.911. The molecule has 0 saturated heterocycles. The number of benzene rings is 11. The van der Waals surface area contributed by atoms with Crippen molar-refractivity contribution in [2.45, 2.75) is 118 Å². The second kappa shape index (κ2) is 85.4. The van der Waals surface area contributed by atoms with E-state index < -0.39 is 0 Å². The quantitative estimate of drug-likeness (QED) is 0.155. The van der Waals surface area contributed by atoms with Crippen LogP contribution < -0.4 is 14.2 Å². The molecule has 0 aliphatic heterocycles. The third kappa shape index (κ3) is 79.3. The molecule has 0 spiro atoms. The van der Waals surface area contributed by atoms with E-state index in [-0.39, 0.29) is 0 Å². The van der Waals surface area contributed by atoms with Crippen molar-refractivity contribution in [1.82, 2.24) is 0 Å². The highest BCUT2D eigenvalue weighted by molar-refractivity contribution is 5.37. The summed E-state index contributed by atoms with van der Waals surface area (Å²) in [4.78, 5) is 0. The van der Waals surface area contributed by atoms with Crippen LogP contribution in [0.5, 0.6) is 34.5 Å². The predicted molar refractivity (Wildman–Crippen MR) is 475 cm³/mol. The topological polar surface area (TPSA) is 27.7 Å². The van der Waals surface area contributed by atoms with E-state index in [9.17, 15) is 0 Å². The van der Waals surface area contributed by atoms with Crippen molar-refractivity contribution < 1.29 is 14.2 Å². The number of aryl methyl sites for hydroxylation is 6. The van der Waals surface area contributed by atoms with E-state index in [2.05, 4.69) is 213 Å². The highest BCUT2D eigenvalue weighted by atomic mass is 16.5. The van der Waals surface area contributed by atoms with Crippen molar-refractivity contribution in [3.05, 3.63) is 360 Å². The summed E-state index contributed by atoms with van der Waals surface area (Å²) in [5.74, 6) is 37.1. The Kier molecular flexibility index (Phi) is 83.0. The van der Waals surface area contributed by atoms with Crippen LogP contribution in [-0.2, 0) is 0 Å². The molecule has 0 bridgehead atoms. The van der Waals surface area contributed by atoms with Crippen LogP contribution in [0, 0.1) is 176 Å². The largest absolute Gasteiger partial charge is 0.457 e. The lowest BCUT2D eigenvalue weighted by Gasteiger charge is -2.04. The van der Waals surface area contributed by atoms with Crippen LogP contribution in [0.4, 0.5) is 0 Å². The zero-order valence-electron chi connectivity index (χ0n) is 66.9. The van der Waals surface area contributed by atoms with Crippen molar-refractivity contribution in [2.24, 2.45) is 0 Å². The minimum atomic E-state index is 0.872. The molecule has 0 radical (unpaired) electrons. The summed E-state index contributed by atoms with van der Waals surface area (Å²) in [5.41, 5.74) is 9.86. The Hall–Kier alpha value is -14.0. The number of para-hydroxylation sites is 3. The molecule has 0 atom stereocenters. The molecular formula is C105H112O3. The maximum absolute atomic E-state index is 5.63. The molecular weight excluding hydrogens is 1310 g/mol. The fourth-order valence-corrected chi connectivity index (χ4v) is 6.63. The molecule has 0 N–H and O–H groups in total. The van der Waals surface area contributed by atoms with Crippen LogP contribution in [-0.4, -0.2) is 0 Å². The Bertz CT molecular complexity index is 3810. The molecule has 0 unspecified atom stereocenters. The number of hydrogen-bond acceptors (Lipinski definition) is 3. The predicted octanol–water partition coefficient (Wildman–Crippen LogP) is 27.2. The molecule has 0 saturated carbocycles. The van der Waals surface area contributed by atoms with E-state index >= 15 is 0 Å². The summed E-state index contributed by atoms with van der Waals surface area (Å²) in [5, 5.41) is 0. The number of rotatable bonds is 6. The zero-order valence-corrected chi connectivity index (χ0v) is 66.9. The highest BCUT2D eigenvalue weighted by Crippen LogP contribution is 2.23. The first kappa shape index (κ1) is 105. The molecule has 11 rings (SSSR count). The molecule has 0 fully saturated rings. The van der Waals surface area contributed by atoms with Gasteiger partial charge >= 0.3 is 0 Å². The van der Waals surface area contributed by atoms with E-state index in [0.29, 0.717) is 0 Å². The van der Waals surface area contributed by atoms with Crippen LogP contribution in [0.15, 0.2) is 315 Å². The maximum atomic E-state index is 5.63. The summed E-state index contributed by atoms with van der Waals surface area (Å²) >= 11 is 0. The van der Waals surface area contributed by atoms with Gasteiger partial charge in [0.15, 0.2) is 0 Å². The lowest BCUT2D eigenvalue weighted by molar-refractivity contribution is 0.482. The minimum Gasteiger partial charge on any atom is -0.457 e. The summed E-state index contributed by atoms with van der Waals surface area (Å²) < 4.78 is 16.9. The first-order chi connectivity index (χ1) is 52.3. The molecule has 0 aliphatic carbocycles. The summed E-state index contributed by atoms with van der Waals surface area (Å²) in [6.07, 6.45) is 41.4. The summed E-state index contributed by atoms with van der Waals surface area (Å²) in [7, 11) is 0. The average molecular weight is 1420 g/mol. The fourth-order valence-electron chi connectivity index (χ4n) is 6.63. The van der Waals surface area contributed by atoms with Gasteiger partial charge in [0, 0.05) is 11.1 Å². The summed E-state index contributed by atoms with van der Waals surface area (Å²) in [6, 6.07) is 104. The van der Waals surface area contributed by atoms with Crippen LogP contribution in [0.3, 0.4) is 0 Å². The molecule has 108 heavy (non-hydrogen) atoms. The number of terminal acetylenes is 9. The van der Waals surface area contributed by atoms with Gasteiger partial charge in [0.05, 0.1) is 0 Å². The van der Waals surface area contributed by atoms with Gasteiger partial charge < -0.3 is 14.2 Å². The number of hydrogen-bond donors (Lipinski definition) is 0. The molecule has 11 aromatic rings. The Balaban J connectivity index is -0.000000265. The molecule has 3 nitrogen and oxygen atoms in total. The Morgan fingerprint density at radius 2 is 0.287 bits per heavy atom. The van der Waals surface area contributed by atoms with E-state index in [4.69, 9.17) is 14.2 Å². The third-order valence-electron chi connectivity index (χ3n) is 10.9. The lowest BCUT2D eigenvalue weighted by atomic mass is 10.2. The summed E-state index contributed by atoms with van der Waals surface area (Å²) in [6.45, 7) is 31.0. The standard InChI is InChI=1S/3C13H12O.2C9H8.3C7H8.9C3H4/c3*1-11-7-9-13(10-8-11)14-12-5-3-2-4-6-12;2*1-2-6-9-7-4-3-5-8-9;3*1-7-5-3-2-4-6-7;9*1-3-2/h3*2-10H,1H3;2*3-5,7-8H,1H3;3*2-6H,1H3;9*1H,2H3. The number of ether oxygens (including phenoxy) is 3. The minimum absolute atomic E-state index is 0.872. The third-order valence-corrected chi connectivity index (χ3v) is 10.9. The van der Waals surface area contributed by atoms with Gasteiger partial charge in [-0.25, -0.2) is 0 Å².